The third kappa shape index (κ3) is 3.22. The Labute approximate surface area is 147 Å². The van der Waals surface area contributed by atoms with Crippen LogP contribution in [0.1, 0.15) is 39.0 Å². The molecule has 0 amide bonds. The van der Waals surface area contributed by atoms with Crippen LogP contribution < -0.4 is 0 Å². The fourth-order valence-corrected chi connectivity index (χ4v) is 3.36. The van der Waals surface area contributed by atoms with E-state index in [1.165, 1.54) is 16.0 Å². The highest BCUT2D eigenvalue weighted by Gasteiger charge is 2.24. The van der Waals surface area contributed by atoms with Gasteiger partial charge in [0.25, 0.3) is 0 Å². The number of rotatable bonds is 6. The zero-order valence-electron chi connectivity index (χ0n) is 14.1. The number of Topliss-reactive ketones (excluding diaryl/α,β-unsaturated/α-hetero) is 1. The van der Waals surface area contributed by atoms with E-state index < -0.39 is 5.97 Å². The number of nitrogens with zero attached hydrogens (tertiary/aromatic N) is 4. The molecule has 8 nitrogen and oxygen atoms in total. The van der Waals surface area contributed by atoms with Gasteiger partial charge in [-0.1, -0.05) is 6.07 Å². The van der Waals surface area contributed by atoms with Crippen LogP contribution in [0.15, 0.2) is 17.5 Å². The van der Waals surface area contributed by atoms with Crippen molar-refractivity contribution in [2.24, 2.45) is 0 Å². The number of H-pyrrole nitrogens is 1. The lowest BCUT2D eigenvalue weighted by molar-refractivity contribution is 0.0525. The summed E-state index contributed by atoms with van der Waals surface area (Å²) in [4.78, 5) is 28.6. The molecule has 3 heterocycles. The Morgan fingerprint density at radius 2 is 2.16 bits per heavy atom. The minimum Gasteiger partial charge on any atom is -0.462 e. The molecule has 0 radical (unpaired) electrons. The van der Waals surface area contributed by atoms with Crippen molar-refractivity contribution in [3.63, 3.8) is 0 Å². The Hall–Kier alpha value is -2.81. The van der Waals surface area contributed by atoms with Crippen LogP contribution in [0.2, 0.25) is 0 Å². The lowest BCUT2D eigenvalue weighted by atomic mass is 10.1. The van der Waals surface area contributed by atoms with Gasteiger partial charge in [-0.05, 0) is 48.2 Å². The molecule has 130 valence electrons. The van der Waals surface area contributed by atoms with Gasteiger partial charge in [0.05, 0.1) is 22.7 Å². The maximum absolute atomic E-state index is 12.7. The summed E-state index contributed by atoms with van der Waals surface area (Å²) in [5.41, 5.74) is 1.95. The molecule has 0 atom stereocenters. The standard InChI is InChI=1S/C16H17N5O3S/c1-4-24-16(23)13-9(2)14(17-10(13)3)11(22)8-21-15(18-19-20-21)12-6-5-7-25-12/h5-7,17H,4,8H2,1-3H3. The number of hydrogen-bond donors (Lipinski definition) is 1. The molecule has 3 aromatic heterocycles. The Bertz CT molecular complexity index is 911. The van der Waals surface area contributed by atoms with Gasteiger partial charge in [-0.15, -0.1) is 16.4 Å². The molecule has 0 bridgehead atoms. The summed E-state index contributed by atoms with van der Waals surface area (Å²) in [7, 11) is 0. The van der Waals surface area contributed by atoms with Crippen molar-refractivity contribution in [3.05, 3.63) is 40.0 Å². The van der Waals surface area contributed by atoms with Crippen molar-refractivity contribution in [1.82, 2.24) is 25.2 Å². The molecule has 25 heavy (non-hydrogen) atoms. The Morgan fingerprint density at radius 3 is 2.84 bits per heavy atom. The molecule has 0 saturated carbocycles. The maximum atomic E-state index is 12.7. The normalized spacial score (nSPS) is 10.8. The Morgan fingerprint density at radius 1 is 1.36 bits per heavy atom. The van der Waals surface area contributed by atoms with Gasteiger partial charge in [-0.25, -0.2) is 9.48 Å². The van der Waals surface area contributed by atoms with E-state index in [-0.39, 0.29) is 18.9 Å². The molecule has 0 fully saturated rings. The molecule has 0 spiro atoms. The van der Waals surface area contributed by atoms with E-state index in [0.717, 1.165) is 4.88 Å². The summed E-state index contributed by atoms with van der Waals surface area (Å²) in [5.74, 6) is -0.106. The monoisotopic (exact) mass is 359 g/mol. The van der Waals surface area contributed by atoms with Crippen molar-refractivity contribution < 1.29 is 14.3 Å². The van der Waals surface area contributed by atoms with Gasteiger partial charge < -0.3 is 9.72 Å². The fourth-order valence-electron chi connectivity index (χ4n) is 2.65. The number of nitrogens with one attached hydrogen (secondary N) is 1. The first kappa shape index (κ1) is 17.0. The average molecular weight is 359 g/mol. The van der Waals surface area contributed by atoms with Gasteiger partial charge in [0, 0.05) is 5.69 Å². The molecular weight excluding hydrogens is 342 g/mol. The van der Waals surface area contributed by atoms with Crippen molar-refractivity contribution in [2.45, 2.75) is 27.3 Å². The number of aryl methyl sites for hydroxylation is 1. The van der Waals surface area contributed by atoms with Crippen LogP contribution in [0, 0.1) is 13.8 Å². The number of tetrazole rings is 1. The number of aromatic amines is 1. The lowest BCUT2D eigenvalue weighted by Gasteiger charge is -2.04. The van der Waals surface area contributed by atoms with Crippen LogP contribution in [-0.4, -0.2) is 43.6 Å². The second kappa shape index (κ2) is 6.98. The van der Waals surface area contributed by atoms with Gasteiger partial charge in [0.1, 0.15) is 6.54 Å². The quantitative estimate of drug-likeness (QED) is 0.535. The van der Waals surface area contributed by atoms with E-state index in [1.54, 1.807) is 20.8 Å². The number of ether oxygens (including phenoxy) is 1. The SMILES string of the molecule is CCOC(=O)c1c(C)[nH]c(C(=O)Cn2nnnc2-c2cccs2)c1C. The third-order valence-corrected chi connectivity index (χ3v) is 4.63. The highest BCUT2D eigenvalue weighted by Crippen LogP contribution is 2.23. The maximum Gasteiger partial charge on any atom is 0.340 e. The van der Waals surface area contributed by atoms with Gasteiger partial charge in [0.2, 0.25) is 5.78 Å². The summed E-state index contributed by atoms with van der Waals surface area (Å²) in [5, 5.41) is 13.4. The molecule has 0 aliphatic carbocycles. The summed E-state index contributed by atoms with van der Waals surface area (Å²) in [6, 6.07) is 3.78. The zero-order chi connectivity index (χ0) is 18.0. The van der Waals surface area contributed by atoms with E-state index in [9.17, 15) is 9.59 Å². The van der Waals surface area contributed by atoms with Crippen LogP contribution >= 0.6 is 11.3 Å². The summed E-state index contributed by atoms with van der Waals surface area (Å²) < 4.78 is 6.50. The molecule has 0 unspecified atom stereocenters. The Balaban J connectivity index is 1.87. The molecule has 9 heteroatoms. The zero-order valence-corrected chi connectivity index (χ0v) is 14.9. The lowest BCUT2D eigenvalue weighted by Crippen LogP contribution is -2.14. The summed E-state index contributed by atoms with van der Waals surface area (Å²) in [6.45, 7) is 5.46. The number of aromatic nitrogens is 5. The van der Waals surface area contributed by atoms with Crippen LogP contribution in [0.5, 0.6) is 0 Å². The summed E-state index contributed by atoms with van der Waals surface area (Å²) >= 11 is 1.49. The number of carbonyl (C=O) groups is 2. The van der Waals surface area contributed by atoms with E-state index in [0.29, 0.717) is 28.3 Å². The van der Waals surface area contributed by atoms with E-state index >= 15 is 0 Å². The van der Waals surface area contributed by atoms with Gasteiger partial charge in [0.15, 0.2) is 5.82 Å². The topological polar surface area (TPSA) is 103 Å². The van der Waals surface area contributed by atoms with Gasteiger partial charge in [-0.2, -0.15) is 0 Å². The molecule has 0 aliphatic rings. The van der Waals surface area contributed by atoms with Crippen molar-refractivity contribution in [3.8, 4) is 10.7 Å². The predicted octanol–water partition coefficient (Wildman–Crippen LogP) is 2.41. The molecule has 3 aromatic rings. The number of ketones is 1. The second-order valence-corrected chi connectivity index (χ2v) is 6.35. The van der Waals surface area contributed by atoms with Crippen molar-refractivity contribution >= 4 is 23.1 Å². The first-order valence-electron chi connectivity index (χ1n) is 7.72. The van der Waals surface area contributed by atoms with E-state index in [1.807, 2.05) is 17.5 Å². The van der Waals surface area contributed by atoms with Crippen molar-refractivity contribution in [2.75, 3.05) is 6.61 Å². The largest absolute Gasteiger partial charge is 0.462 e. The highest BCUT2D eigenvalue weighted by atomic mass is 32.1. The molecule has 1 N–H and O–H groups in total. The Kier molecular flexibility index (Phi) is 4.75. The van der Waals surface area contributed by atoms with Crippen LogP contribution in [0.25, 0.3) is 10.7 Å². The number of carbonyl (C=O) groups excluding carboxylic acids is 2. The van der Waals surface area contributed by atoms with Gasteiger partial charge >= 0.3 is 5.97 Å². The minimum atomic E-state index is -0.436. The molecule has 0 aliphatic heterocycles. The number of hydrogen-bond acceptors (Lipinski definition) is 7. The average Bonchev–Trinajstić information content (AvgIpc) is 3.27. The molecule has 0 saturated heterocycles. The third-order valence-electron chi connectivity index (χ3n) is 3.76. The first-order chi connectivity index (χ1) is 12.0. The van der Waals surface area contributed by atoms with E-state index in [4.69, 9.17) is 4.74 Å². The fraction of sp³-hybridized carbons (Fsp3) is 0.312. The smallest absolute Gasteiger partial charge is 0.340 e. The molecule has 0 aromatic carbocycles. The van der Waals surface area contributed by atoms with Crippen LogP contribution in [0.3, 0.4) is 0 Å². The van der Waals surface area contributed by atoms with Crippen LogP contribution in [0.4, 0.5) is 0 Å². The number of esters is 1. The van der Waals surface area contributed by atoms with Crippen LogP contribution in [-0.2, 0) is 11.3 Å². The molecular formula is C16H17N5O3S. The van der Waals surface area contributed by atoms with Gasteiger partial charge in [-0.3, -0.25) is 4.79 Å². The first-order valence-corrected chi connectivity index (χ1v) is 8.60. The molecule has 3 rings (SSSR count). The number of thiophene rings is 1. The van der Waals surface area contributed by atoms with Crippen molar-refractivity contribution in [1.29, 1.82) is 0 Å². The summed E-state index contributed by atoms with van der Waals surface area (Å²) in [6.07, 6.45) is 0. The highest BCUT2D eigenvalue weighted by molar-refractivity contribution is 7.13. The minimum absolute atomic E-state index is 0.0245. The predicted molar refractivity (Wildman–Crippen MR) is 91.7 cm³/mol. The van der Waals surface area contributed by atoms with E-state index in [2.05, 4.69) is 20.5 Å². The second-order valence-electron chi connectivity index (χ2n) is 5.41.